The number of methoxy groups -OCH3 is 1. The summed E-state index contributed by atoms with van der Waals surface area (Å²) in [5, 5.41) is 10.8. The summed E-state index contributed by atoms with van der Waals surface area (Å²) in [6.45, 7) is 3.47. The average Bonchev–Trinajstić information content (AvgIpc) is 2.85. The number of likely N-dealkylation sites (N-methyl/N-ethyl adjacent to an activating group) is 1. The topological polar surface area (TPSA) is 54.7 Å². The second-order valence-corrected chi connectivity index (χ2v) is 5.52. The van der Waals surface area contributed by atoms with Gasteiger partial charge in [0.25, 0.3) is 0 Å². The summed E-state index contributed by atoms with van der Waals surface area (Å²) in [5.74, 6) is -0.00541. The van der Waals surface area contributed by atoms with Gasteiger partial charge in [0, 0.05) is 44.3 Å². The number of ether oxygens (including phenoxy) is 1. The summed E-state index contributed by atoms with van der Waals surface area (Å²) >= 11 is 0. The summed E-state index contributed by atoms with van der Waals surface area (Å²) in [7, 11) is 3.24. The SMILES string of the molecule is CCn1cc(CC(=O)N(C)CC(O)COC)c2ccccc21. The predicted molar refractivity (Wildman–Crippen MR) is 86.8 cm³/mol. The maximum atomic E-state index is 12.4. The largest absolute Gasteiger partial charge is 0.389 e. The first-order chi connectivity index (χ1) is 10.6. The summed E-state index contributed by atoms with van der Waals surface area (Å²) in [6, 6.07) is 8.11. The number of aryl methyl sites for hydroxylation is 1. The molecule has 0 saturated heterocycles. The fourth-order valence-corrected chi connectivity index (χ4v) is 2.69. The molecule has 5 heteroatoms. The van der Waals surface area contributed by atoms with Crippen LogP contribution in [0.2, 0.25) is 0 Å². The van der Waals surface area contributed by atoms with Gasteiger partial charge < -0.3 is 19.3 Å². The van der Waals surface area contributed by atoms with Crippen LogP contribution in [0.5, 0.6) is 0 Å². The van der Waals surface area contributed by atoms with Crippen LogP contribution in [-0.4, -0.2) is 53.9 Å². The van der Waals surface area contributed by atoms with Crippen molar-refractivity contribution in [1.29, 1.82) is 0 Å². The standard InChI is InChI=1S/C17H24N2O3/c1-4-19-10-13(15-7-5-6-8-16(15)19)9-17(21)18(2)11-14(20)12-22-3/h5-8,10,14,20H,4,9,11-12H2,1-3H3. The molecule has 1 heterocycles. The van der Waals surface area contributed by atoms with Gasteiger partial charge in [-0.1, -0.05) is 18.2 Å². The molecule has 0 aliphatic carbocycles. The Morgan fingerprint density at radius 3 is 2.82 bits per heavy atom. The van der Waals surface area contributed by atoms with Crippen molar-refractivity contribution in [3.05, 3.63) is 36.0 Å². The zero-order chi connectivity index (χ0) is 16.1. The average molecular weight is 304 g/mol. The lowest BCUT2D eigenvalue weighted by Gasteiger charge is -2.20. The van der Waals surface area contributed by atoms with Gasteiger partial charge in [-0.15, -0.1) is 0 Å². The Balaban J connectivity index is 2.11. The molecule has 5 nitrogen and oxygen atoms in total. The summed E-state index contributed by atoms with van der Waals surface area (Å²) in [5.41, 5.74) is 2.17. The first-order valence-corrected chi connectivity index (χ1v) is 7.54. The quantitative estimate of drug-likeness (QED) is 0.846. The van der Waals surface area contributed by atoms with Crippen molar-refractivity contribution in [1.82, 2.24) is 9.47 Å². The van der Waals surface area contributed by atoms with Crippen LogP contribution in [0.3, 0.4) is 0 Å². The van der Waals surface area contributed by atoms with E-state index < -0.39 is 6.10 Å². The van der Waals surface area contributed by atoms with E-state index in [0.717, 1.165) is 23.0 Å². The highest BCUT2D eigenvalue weighted by Gasteiger charge is 2.16. The Hall–Kier alpha value is -1.85. The minimum Gasteiger partial charge on any atom is -0.389 e. The first-order valence-electron chi connectivity index (χ1n) is 7.54. The molecule has 0 saturated carbocycles. The molecule has 0 aliphatic rings. The Labute approximate surface area is 131 Å². The van der Waals surface area contributed by atoms with E-state index in [0.29, 0.717) is 6.42 Å². The third-order valence-electron chi connectivity index (χ3n) is 3.82. The normalized spacial score (nSPS) is 12.5. The fourth-order valence-electron chi connectivity index (χ4n) is 2.69. The number of nitrogens with zero attached hydrogens (tertiary/aromatic N) is 2. The van der Waals surface area contributed by atoms with Crippen molar-refractivity contribution in [3.63, 3.8) is 0 Å². The molecular weight excluding hydrogens is 280 g/mol. The number of benzene rings is 1. The Kier molecular flexibility index (Phi) is 5.57. The molecule has 1 unspecified atom stereocenters. The monoisotopic (exact) mass is 304 g/mol. The van der Waals surface area contributed by atoms with Crippen LogP contribution < -0.4 is 0 Å². The van der Waals surface area contributed by atoms with Crippen molar-refractivity contribution in [3.8, 4) is 0 Å². The molecule has 1 atom stereocenters. The maximum Gasteiger partial charge on any atom is 0.226 e. The Bertz CT molecular complexity index is 636. The third kappa shape index (κ3) is 3.67. The van der Waals surface area contributed by atoms with Crippen LogP contribution in [0.4, 0.5) is 0 Å². The van der Waals surface area contributed by atoms with E-state index in [9.17, 15) is 9.90 Å². The molecule has 1 aromatic carbocycles. The highest BCUT2D eigenvalue weighted by Crippen LogP contribution is 2.22. The van der Waals surface area contributed by atoms with Gasteiger partial charge in [-0.05, 0) is 18.6 Å². The third-order valence-corrected chi connectivity index (χ3v) is 3.82. The number of rotatable bonds is 7. The van der Waals surface area contributed by atoms with Gasteiger partial charge in [-0.3, -0.25) is 4.79 Å². The lowest BCUT2D eigenvalue weighted by Crippen LogP contribution is -2.37. The number of hydrogen-bond acceptors (Lipinski definition) is 3. The number of para-hydroxylation sites is 1. The van der Waals surface area contributed by atoms with Crippen LogP contribution in [0.15, 0.2) is 30.5 Å². The van der Waals surface area contributed by atoms with Gasteiger partial charge in [-0.25, -0.2) is 0 Å². The molecular formula is C17H24N2O3. The number of aliphatic hydroxyl groups is 1. The summed E-state index contributed by atoms with van der Waals surface area (Å²) in [4.78, 5) is 13.9. The minimum absolute atomic E-state index is 0.00541. The van der Waals surface area contributed by atoms with Gasteiger partial charge >= 0.3 is 0 Å². The molecule has 22 heavy (non-hydrogen) atoms. The zero-order valence-electron chi connectivity index (χ0n) is 13.5. The van der Waals surface area contributed by atoms with E-state index in [1.807, 2.05) is 24.4 Å². The van der Waals surface area contributed by atoms with E-state index in [4.69, 9.17) is 4.74 Å². The van der Waals surface area contributed by atoms with Crippen molar-refractivity contribution in [2.24, 2.45) is 0 Å². The molecule has 0 bridgehead atoms. The minimum atomic E-state index is -0.657. The number of carbonyl (C=O) groups excluding carboxylic acids is 1. The molecule has 2 aromatic rings. The predicted octanol–water partition coefficient (Wildman–Crippen LogP) is 1.67. The maximum absolute atomic E-state index is 12.4. The number of aromatic nitrogens is 1. The first kappa shape index (κ1) is 16.5. The lowest BCUT2D eigenvalue weighted by molar-refractivity contribution is -0.130. The molecule has 0 spiro atoms. The number of fused-ring (bicyclic) bond motifs is 1. The van der Waals surface area contributed by atoms with Crippen LogP contribution in [-0.2, 0) is 22.5 Å². The van der Waals surface area contributed by atoms with Crippen molar-refractivity contribution in [2.45, 2.75) is 26.0 Å². The van der Waals surface area contributed by atoms with E-state index in [1.165, 1.54) is 7.11 Å². The van der Waals surface area contributed by atoms with E-state index >= 15 is 0 Å². The highest BCUT2D eigenvalue weighted by atomic mass is 16.5. The van der Waals surface area contributed by atoms with Crippen molar-refractivity contribution in [2.75, 3.05) is 27.3 Å². The molecule has 1 aromatic heterocycles. The zero-order valence-corrected chi connectivity index (χ0v) is 13.5. The Morgan fingerprint density at radius 1 is 1.41 bits per heavy atom. The Morgan fingerprint density at radius 2 is 2.14 bits per heavy atom. The summed E-state index contributed by atoms with van der Waals surface area (Å²) < 4.78 is 7.04. The fraction of sp³-hybridized carbons (Fsp3) is 0.471. The van der Waals surface area contributed by atoms with Gasteiger partial charge in [0.15, 0.2) is 0 Å². The highest BCUT2D eigenvalue weighted by molar-refractivity contribution is 5.89. The number of carbonyl (C=O) groups is 1. The molecule has 1 N–H and O–H groups in total. The second-order valence-electron chi connectivity index (χ2n) is 5.52. The van der Waals surface area contributed by atoms with Crippen LogP contribution >= 0.6 is 0 Å². The molecule has 2 rings (SSSR count). The molecule has 120 valence electrons. The van der Waals surface area contributed by atoms with E-state index in [2.05, 4.69) is 17.6 Å². The van der Waals surface area contributed by atoms with Crippen molar-refractivity contribution >= 4 is 16.8 Å². The van der Waals surface area contributed by atoms with Gasteiger partial charge in [0.05, 0.1) is 19.1 Å². The van der Waals surface area contributed by atoms with E-state index in [-0.39, 0.29) is 19.1 Å². The number of aliphatic hydroxyl groups excluding tert-OH is 1. The van der Waals surface area contributed by atoms with Gasteiger partial charge in [0.1, 0.15) is 0 Å². The van der Waals surface area contributed by atoms with Gasteiger partial charge in [-0.2, -0.15) is 0 Å². The summed E-state index contributed by atoms with van der Waals surface area (Å²) in [6.07, 6.45) is 1.72. The smallest absolute Gasteiger partial charge is 0.226 e. The van der Waals surface area contributed by atoms with Gasteiger partial charge in [0.2, 0.25) is 5.91 Å². The number of amides is 1. The second kappa shape index (κ2) is 7.42. The van der Waals surface area contributed by atoms with Crippen LogP contribution in [0, 0.1) is 0 Å². The van der Waals surface area contributed by atoms with Crippen molar-refractivity contribution < 1.29 is 14.6 Å². The molecule has 0 radical (unpaired) electrons. The van der Waals surface area contributed by atoms with Crippen LogP contribution in [0.1, 0.15) is 12.5 Å². The molecule has 1 amide bonds. The molecule has 0 aliphatic heterocycles. The molecule has 0 fully saturated rings. The number of hydrogen-bond donors (Lipinski definition) is 1. The van der Waals surface area contributed by atoms with Crippen LogP contribution in [0.25, 0.3) is 10.9 Å². The van der Waals surface area contributed by atoms with E-state index in [1.54, 1.807) is 11.9 Å². The lowest BCUT2D eigenvalue weighted by atomic mass is 10.1.